The Hall–Kier alpha value is -2.43. The second-order valence-electron chi connectivity index (χ2n) is 8.77. The average molecular weight is 693 g/mol. The van der Waals surface area contributed by atoms with Crippen molar-refractivity contribution in [3.63, 3.8) is 0 Å². The van der Waals surface area contributed by atoms with Gasteiger partial charge in [-0.2, -0.15) is 0 Å². The monoisotopic (exact) mass is 692 g/mol. The van der Waals surface area contributed by atoms with Gasteiger partial charge in [0.2, 0.25) is 10.0 Å². The molecule has 3 aromatic rings. The summed E-state index contributed by atoms with van der Waals surface area (Å²) < 4.78 is 59.9. The summed E-state index contributed by atoms with van der Waals surface area (Å²) in [4.78, 5) is 21.2. The van der Waals surface area contributed by atoms with Crippen molar-refractivity contribution >= 4 is 61.5 Å². The van der Waals surface area contributed by atoms with Crippen LogP contribution in [0, 0.1) is 21.1 Å². The number of nitrogens with one attached hydrogen (secondary N) is 3. The molecule has 0 atom stereocenters. The van der Waals surface area contributed by atoms with Gasteiger partial charge in [0.25, 0.3) is 5.91 Å². The number of amides is 1. The van der Waals surface area contributed by atoms with Gasteiger partial charge in [-0.15, -0.1) is 0 Å². The molecule has 1 aliphatic carbocycles. The fourth-order valence-electron chi connectivity index (χ4n) is 3.61. The molecule has 0 aliphatic heterocycles. The molecule has 9 nitrogen and oxygen atoms in total. The number of aromatic nitrogens is 1. The Kier molecular flexibility index (Phi) is 9.72. The van der Waals surface area contributed by atoms with E-state index in [2.05, 4.69) is 20.5 Å². The van der Waals surface area contributed by atoms with Gasteiger partial charge in [0.05, 0.1) is 40.8 Å². The molecule has 4 N–H and O–H groups in total. The molecule has 0 bridgehead atoms. The summed E-state index contributed by atoms with van der Waals surface area (Å²) in [6.45, 7) is -0.316. The van der Waals surface area contributed by atoms with Crippen LogP contribution >= 0.6 is 34.2 Å². The first-order valence-corrected chi connectivity index (χ1v) is 14.7. The standard InChI is InChI=1S/C25H24ClF2IN4O5S/c26-18-10-16(29)5-6-19(18)32-24-17(25(35)33-38-13-14-3-4-14)11-21(22(27)23(24)28)39(36,37)31-12-20-15(7-9-34)2-1-8-30-20/h1-2,5-6,8,10-11,14,31-32,34H,3-4,7,9,12-13H2,(H,33,35). The summed E-state index contributed by atoms with van der Waals surface area (Å²) in [6.07, 6.45) is 3.55. The zero-order valence-corrected chi connectivity index (χ0v) is 24.0. The van der Waals surface area contributed by atoms with Crippen molar-refractivity contribution in [2.45, 2.75) is 30.7 Å². The number of pyridine rings is 1. The van der Waals surface area contributed by atoms with Gasteiger partial charge in [0, 0.05) is 16.4 Å². The fourth-order valence-corrected chi connectivity index (χ4v) is 5.59. The smallest absolute Gasteiger partial charge is 0.277 e. The van der Waals surface area contributed by atoms with E-state index in [1.54, 1.807) is 24.3 Å². The topological polar surface area (TPSA) is 130 Å². The van der Waals surface area contributed by atoms with Crippen molar-refractivity contribution in [1.29, 1.82) is 0 Å². The van der Waals surface area contributed by atoms with Crippen molar-refractivity contribution in [3.8, 4) is 0 Å². The minimum Gasteiger partial charge on any atom is -0.396 e. The van der Waals surface area contributed by atoms with E-state index < -0.39 is 43.7 Å². The van der Waals surface area contributed by atoms with Crippen molar-refractivity contribution in [1.82, 2.24) is 15.2 Å². The van der Waals surface area contributed by atoms with Gasteiger partial charge in [-0.1, -0.05) is 17.7 Å². The minimum absolute atomic E-state index is 0.170. The minimum atomic E-state index is -4.67. The summed E-state index contributed by atoms with van der Waals surface area (Å²) in [5.74, 6) is -3.98. The van der Waals surface area contributed by atoms with Crippen LogP contribution in [0.5, 0.6) is 0 Å². The van der Waals surface area contributed by atoms with Crippen LogP contribution in [0.3, 0.4) is 0 Å². The third kappa shape index (κ3) is 7.41. The molecule has 1 heterocycles. The number of sulfonamides is 1. The Labute approximate surface area is 242 Å². The zero-order valence-electron chi connectivity index (χ0n) is 20.3. The third-order valence-electron chi connectivity index (χ3n) is 5.87. The summed E-state index contributed by atoms with van der Waals surface area (Å²) in [5.41, 5.74) is 2.09. The number of benzene rings is 2. The fraction of sp³-hybridized carbons (Fsp3) is 0.280. The molecule has 1 aliphatic rings. The molecule has 1 fully saturated rings. The Bertz CT molecular complexity index is 1490. The Morgan fingerprint density at radius 1 is 1.21 bits per heavy atom. The van der Waals surface area contributed by atoms with Crippen LogP contribution in [0.1, 0.15) is 34.5 Å². The first kappa shape index (κ1) is 29.6. The maximum absolute atomic E-state index is 15.5. The molecule has 0 radical (unpaired) electrons. The van der Waals surface area contributed by atoms with E-state index in [4.69, 9.17) is 16.4 Å². The number of hydrogen-bond donors (Lipinski definition) is 4. The van der Waals surface area contributed by atoms with E-state index in [0.29, 0.717) is 17.2 Å². The predicted octanol–water partition coefficient (Wildman–Crippen LogP) is 4.45. The van der Waals surface area contributed by atoms with Crippen LogP contribution in [-0.4, -0.2) is 37.6 Å². The second kappa shape index (κ2) is 12.8. The molecule has 0 spiro atoms. The maximum Gasteiger partial charge on any atom is 0.277 e. The number of hydrogen-bond acceptors (Lipinski definition) is 7. The third-order valence-corrected chi connectivity index (χ3v) is 8.26. The van der Waals surface area contributed by atoms with Crippen LogP contribution in [0.2, 0.25) is 5.02 Å². The zero-order chi connectivity index (χ0) is 28.2. The SMILES string of the molecule is O=C(NOCC1CC1)c1cc(S(=O)(=O)NCc2ncccc2CCO)c(F)c(F)c1Nc1ccc(I)cc1Cl. The first-order valence-electron chi connectivity index (χ1n) is 11.8. The molecule has 1 amide bonds. The number of carbonyl (C=O) groups is 1. The second-order valence-corrected chi connectivity index (χ2v) is 12.2. The molecule has 208 valence electrons. The molecule has 2 aromatic carbocycles. The summed E-state index contributed by atoms with van der Waals surface area (Å²) >= 11 is 8.25. The lowest BCUT2D eigenvalue weighted by Gasteiger charge is -2.17. The Morgan fingerprint density at radius 3 is 2.67 bits per heavy atom. The van der Waals surface area contributed by atoms with Crippen LogP contribution < -0.4 is 15.5 Å². The highest BCUT2D eigenvalue weighted by atomic mass is 127. The van der Waals surface area contributed by atoms with Gasteiger partial charge < -0.3 is 10.4 Å². The molecule has 4 rings (SSSR count). The lowest BCUT2D eigenvalue weighted by molar-refractivity contribution is 0.0270. The molecule has 1 saturated carbocycles. The number of hydroxylamine groups is 1. The number of nitrogens with zero attached hydrogens (tertiary/aromatic N) is 1. The van der Waals surface area contributed by atoms with Crippen LogP contribution in [0.25, 0.3) is 0 Å². The lowest BCUT2D eigenvalue weighted by Crippen LogP contribution is -2.29. The van der Waals surface area contributed by atoms with Gasteiger partial charge in [-0.05, 0) is 83.7 Å². The first-order chi connectivity index (χ1) is 18.6. The number of anilines is 2. The average Bonchev–Trinajstić information content (AvgIpc) is 3.72. The molecule has 0 saturated heterocycles. The van der Waals surface area contributed by atoms with Gasteiger partial charge in [0.1, 0.15) is 4.90 Å². The highest BCUT2D eigenvalue weighted by Gasteiger charge is 2.30. The highest BCUT2D eigenvalue weighted by molar-refractivity contribution is 14.1. The Morgan fingerprint density at radius 2 is 1.97 bits per heavy atom. The summed E-state index contributed by atoms with van der Waals surface area (Å²) in [7, 11) is -4.67. The summed E-state index contributed by atoms with van der Waals surface area (Å²) in [6, 6.07) is 8.76. The quantitative estimate of drug-likeness (QED) is 0.163. The Balaban J connectivity index is 1.69. The highest BCUT2D eigenvalue weighted by Crippen LogP contribution is 2.34. The summed E-state index contributed by atoms with van der Waals surface area (Å²) in [5, 5.41) is 12.0. The van der Waals surface area contributed by atoms with Crippen molar-refractivity contribution < 1.29 is 31.9 Å². The van der Waals surface area contributed by atoms with Crippen LogP contribution in [0.15, 0.2) is 47.5 Å². The van der Waals surface area contributed by atoms with E-state index in [-0.39, 0.29) is 36.9 Å². The van der Waals surface area contributed by atoms with Gasteiger partial charge in [-0.3, -0.25) is 14.6 Å². The number of aliphatic hydroxyl groups is 1. The number of rotatable bonds is 12. The van der Waals surface area contributed by atoms with Crippen molar-refractivity contribution in [3.05, 3.63) is 79.6 Å². The number of aliphatic hydroxyl groups excluding tert-OH is 1. The van der Waals surface area contributed by atoms with E-state index >= 15 is 8.78 Å². The van der Waals surface area contributed by atoms with Gasteiger partial charge >= 0.3 is 0 Å². The molecule has 39 heavy (non-hydrogen) atoms. The van der Waals surface area contributed by atoms with E-state index in [0.717, 1.165) is 22.5 Å². The van der Waals surface area contributed by atoms with E-state index in [9.17, 15) is 18.3 Å². The normalized spacial score (nSPS) is 13.4. The van der Waals surface area contributed by atoms with E-state index in [1.807, 2.05) is 22.6 Å². The van der Waals surface area contributed by atoms with Crippen LogP contribution in [0.4, 0.5) is 20.2 Å². The lowest BCUT2D eigenvalue weighted by atomic mass is 10.1. The van der Waals surface area contributed by atoms with Crippen molar-refractivity contribution in [2.24, 2.45) is 5.92 Å². The van der Waals surface area contributed by atoms with E-state index in [1.165, 1.54) is 12.3 Å². The molecule has 1 aromatic heterocycles. The predicted molar refractivity (Wildman–Crippen MR) is 149 cm³/mol. The molecular formula is C25H24ClF2IN4O5S. The molecule has 0 unspecified atom stereocenters. The molecule has 14 heteroatoms. The number of carbonyl (C=O) groups excluding carboxylic acids is 1. The maximum atomic E-state index is 15.5. The van der Waals surface area contributed by atoms with Gasteiger partial charge in [-0.25, -0.2) is 27.4 Å². The molecular weight excluding hydrogens is 669 g/mol. The van der Waals surface area contributed by atoms with Crippen LogP contribution in [-0.2, 0) is 27.8 Å². The number of halogens is 4. The largest absolute Gasteiger partial charge is 0.396 e. The van der Waals surface area contributed by atoms with Gasteiger partial charge in [0.15, 0.2) is 11.6 Å². The van der Waals surface area contributed by atoms with Crippen molar-refractivity contribution in [2.75, 3.05) is 18.5 Å².